The summed E-state index contributed by atoms with van der Waals surface area (Å²) in [6.07, 6.45) is 3.46. The zero-order valence-electron chi connectivity index (χ0n) is 16.0. The number of hydrogen-bond acceptors (Lipinski definition) is 5. The molecule has 3 aromatic heterocycles. The largest absolute Gasteiger partial charge is 0.351 e. The van der Waals surface area contributed by atoms with Crippen molar-refractivity contribution in [2.45, 2.75) is 13.1 Å². The topological polar surface area (TPSA) is 86.7 Å². The monoisotopic (exact) mass is 410 g/mol. The van der Waals surface area contributed by atoms with Gasteiger partial charge in [-0.1, -0.05) is 29.8 Å². The Hall–Kier alpha value is -3.39. The number of rotatable bonds is 5. The van der Waals surface area contributed by atoms with Crippen LogP contribution in [0.5, 0.6) is 0 Å². The molecule has 29 heavy (non-hydrogen) atoms. The second-order valence-corrected chi connectivity index (χ2v) is 7.18. The van der Waals surface area contributed by atoms with E-state index in [1.807, 2.05) is 12.1 Å². The number of imidazole rings is 1. The van der Waals surface area contributed by atoms with E-state index in [1.165, 1.54) is 9.13 Å². The lowest BCUT2D eigenvalue weighted by Crippen LogP contribution is -2.39. The van der Waals surface area contributed by atoms with Crippen molar-refractivity contribution < 1.29 is 0 Å². The van der Waals surface area contributed by atoms with Gasteiger partial charge in [-0.25, -0.2) is 4.79 Å². The van der Waals surface area contributed by atoms with Gasteiger partial charge in [0.2, 0.25) is 5.95 Å². The first kappa shape index (κ1) is 18.9. The van der Waals surface area contributed by atoms with E-state index in [1.54, 1.807) is 55.3 Å². The van der Waals surface area contributed by atoms with Crippen molar-refractivity contribution in [2.75, 3.05) is 5.32 Å². The number of halogens is 1. The summed E-state index contributed by atoms with van der Waals surface area (Å²) in [6.45, 7) is 0.653. The van der Waals surface area contributed by atoms with E-state index in [2.05, 4.69) is 15.3 Å². The Morgan fingerprint density at radius 2 is 1.79 bits per heavy atom. The summed E-state index contributed by atoms with van der Waals surface area (Å²) in [7, 11) is 3.36. The van der Waals surface area contributed by atoms with Gasteiger partial charge in [-0.05, 0) is 29.3 Å². The molecule has 0 saturated carbocycles. The van der Waals surface area contributed by atoms with Gasteiger partial charge in [0.1, 0.15) is 0 Å². The quantitative estimate of drug-likeness (QED) is 0.544. The van der Waals surface area contributed by atoms with Gasteiger partial charge < -0.3 is 9.88 Å². The van der Waals surface area contributed by atoms with Crippen molar-refractivity contribution >= 4 is 28.7 Å². The fraction of sp³-hybridized carbons (Fsp3) is 0.200. The van der Waals surface area contributed by atoms with Crippen LogP contribution in [0.1, 0.15) is 11.1 Å². The fourth-order valence-electron chi connectivity index (χ4n) is 3.20. The van der Waals surface area contributed by atoms with Gasteiger partial charge in [-0.2, -0.15) is 4.98 Å². The zero-order valence-corrected chi connectivity index (χ0v) is 16.7. The Balaban J connectivity index is 1.75. The average molecular weight is 411 g/mol. The Labute approximate surface area is 171 Å². The fourth-order valence-corrected chi connectivity index (χ4v) is 3.32. The van der Waals surface area contributed by atoms with E-state index >= 15 is 0 Å². The third-order valence-corrected chi connectivity index (χ3v) is 5.04. The van der Waals surface area contributed by atoms with E-state index in [9.17, 15) is 9.59 Å². The van der Waals surface area contributed by atoms with E-state index in [0.717, 1.165) is 11.1 Å². The van der Waals surface area contributed by atoms with Crippen LogP contribution in [0.15, 0.2) is 58.4 Å². The molecule has 0 aliphatic rings. The van der Waals surface area contributed by atoms with Crippen LogP contribution in [0.4, 0.5) is 5.95 Å². The van der Waals surface area contributed by atoms with Gasteiger partial charge in [0, 0.05) is 38.1 Å². The van der Waals surface area contributed by atoms with Crippen molar-refractivity contribution in [3.63, 3.8) is 0 Å². The number of fused-ring (bicyclic) bond motifs is 1. The average Bonchev–Trinajstić information content (AvgIpc) is 3.07. The van der Waals surface area contributed by atoms with Crippen molar-refractivity contribution in [1.82, 2.24) is 23.7 Å². The van der Waals surface area contributed by atoms with Crippen LogP contribution in [-0.2, 0) is 27.2 Å². The summed E-state index contributed by atoms with van der Waals surface area (Å²) in [4.78, 5) is 34.5. The molecule has 4 rings (SSSR count). The van der Waals surface area contributed by atoms with Gasteiger partial charge in [-0.3, -0.25) is 18.9 Å². The highest BCUT2D eigenvalue weighted by Gasteiger charge is 2.18. The maximum atomic E-state index is 13.1. The van der Waals surface area contributed by atoms with Crippen molar-refractivity contribution in [3.05, 3.63) is 85.8 Å². The number of aromatic nitrogens is 5. The van der Waals surface area contributed by atoms with Crippen LogP contribution in [0, 0.1) is 0 Å². The minimum atomic E-state index is -0.422. The first-order valence-corrected chi connectivity index (χ1v) is 9.37. The number of benzene rings is 1. The highest BCUT2D eigenvalue weighted by molar-refractivity contribution is 6.30. The van der Waals surface area contributed by atoms with E-state index < -0.39 is 5.69 Å². The Morgan fingerprint density at radius 1 is 1.03 bits per heavy atom. The molecule has 0 bridgehead atoms. The summed E-state index contributed by atoms with van der Waals surface area (Å²) in [5.74, 6) is 0.500. The molecule has 4 aromatic rings. The lowest BCUT2D eigenvalue weighted by Gasteiger charge is -2.09. The Kier molecular flexibility index (Phi) is 4.94. The summed E-state index contributed by atoms with van der Waals surface area (Å²) in [5.41, 5.74) is 1.67. The molecule has 0 fully saturated rings. The molecular formula is C20H19ClN6O2. The Bertz CT molecular complexity index is 1290. The predicted octanol–water partition coefficient (Wildman–Crippen LogP) is 2.14. The van der Waals surface area contributed by atoms with Crippen LogP contribution < -0.4 is 16.6 Å². The molecule has 0 aliphatic heterocycles. The van der Waals surface area contributed by atoms with Crippen LogP contribution >= 0.6 is 11.6 Å². The molecule has 0 radical (unpaired) electrons. The first-order valence-electron chi connectivity index (χ1n) is 8.99. The number of nitrogens with zero attached hydrogens (tertiary/aromatic N) is 5. The SMILES string of the molecule is Cn1c(NCc2cccnc2)nc2c1c(=O)n(Cc1ccc(Cl)cc1)c(=O)n2C. The summed E-state index contributed by atoms with van der Waals surface area (Å²) < 4.78 is 4.27. The number of nitrogens with one attached hydrogen (secondary N) is 1. The molecule has 3 heterocycles. The summed E-state index contributed by atoms with van der Waals surface area (Å²) in [5, 5.41) is 3.80. The molecule has 0 atom stereocenters. The van der Waals surface area contributed by atoms with Gasteiger partial charge >= 0.3 is 5.69 Å². The molecular weight excluding hydrogens is 392 g/mol. The standard InChI is InChI=1S/C20H19ClN6O2/c1-25-16-17(24-19(25)23-11-14-4-3-9-22-10-14)26(2)20(29)27(18(16)28)12-13-5-7-15(21)8-6-13/h3-10H,11-12H2,1-2H3,(H,23,24). The van der Waals surface area contributed by atoms with Gasteiger partial charge in [0.15, 0.2) is 11.2 Å². The summed E-state index contributed by atoms with van der Waals surface area (Å²) >= 11 is 5.92. The second-order valence-electron chi connectivity index (χ2n) is 6.74. The van der Waals surface area contributed by atoms with Crippen molar-refractivity contribution in [1.29, 1.82) is 0 Å². The van der Waals surface area contributed by atoms with Crippen LogP contribution in [-0.4, -0.2) is 23.7 Å². The lowest BCUT2D eigenvalue weighted by atomic mass is 10.2. The smallest absolute Gasteiger partial charge is 0.332 e. The Morgan fingerprint density at radius 3 is 2.48 bits per heavy atom. The molecule has 0 saturated heterocycles. The number of pyridine rings is 1. The van der Waals surface area contributed by atoms with E-state index in [4.69, 9.17) is 11.6 Å². The van der Waals surface area contributed by atoms with Crippen LogP contribution in [0.2, 0.25) is 5.02 Å². The molecule has 0 unspecified atom stereocenters. The predicted molar refractivity (Wildman–Crippen MR) is 112 cm³/mol. The second kappa shape index (κ2) is 7.56. The molecule has 0 amide bonds. The molecule has 0 aliphatic carbocycles. The highest BCUT2D eigenvalue weighted by Crippen LogP contribution is 2.15. The normalized spacial score (nSPS) is 11.1. The third-order valence-electron chi connectivity index (χ3n) is 4.79. The van der Waals surface area contributed by atoms with Crippen molar-refractivity contribution in [3.8, 4) is 0 Å². The lowest BCUT2D eigenvalue weighted by molar-refractivity contribution is 0.655. The van der Waals surface area contributed by atoms with Gasteiger partial charge in [-0.15, -0.1) is 0 Å². The third kappa shape index (κ3) is 3.54. The van der Waals surface area contributed by atoms with Crippen LogP contribution in [0.25, 0.3) is 11.2 Å². The number of anilines is 1. The zero-order chi connectivity index (χ0) is 20.5. The molecule has 0 spiro atoms. The first-order chi connectivity index (χ1) is 14.0. The molecule has 1 aromatic carbocycles. The molecule has 9 heteroatoms. The van der Waals surface area contributed by atoms with E-state index in [-0.39, 0.29) is 12.1 Å². The van der Waals surface area contributed by atoms with Gasteiger partial charge in [0.25, 0.3) is 5.56 Å². The number of aryl methyl sites for hydroxylation is 2. The highest BCUT2D eigenvalue weighted by atomic mass is 35.5. The van der Waals surface area contributed by atoms with Crippen molar-refractivity contribution in [2.24, 2.45) is 14.1 Å². The summed E-state index contributed by atoms with van der Waals surface area (Å²) in [6, 6.07) is 10.8. The van der Waals surface area contributed by atoms with E-state index in [0.29, 0.717) is 28.7 Å². The molecule has 8 nitrogen and oxygen atoms in total. The molecule has 148 valence electrons. The molecule has 1 N–H and O–H groups in total. The number of hydrogen-bond donors (Lipinski definition) is 1. The van der Waals surface area contributed by atoms with Gasteiger partial charge in [0.05, 0.1) is 6.54 Å². The maximum absolute atomic E-state index is 13.1. The minimum Gasteiger partial charge on any atom is -0.351 e. The minimum absolute atomic E-state index is 0.155. The maximum Gasteiger partial charge on any atom is 0.332 e. The van der Waals surface area contributed by atoms with Crippen LogP contribution in [0.3, 0.4) is 0 Å².